The van der Waals surface area contributed by atoms with E-state index in [1.165, 1.54) is 27.8 Å². The van der Waals surface area contributed by atoms with Crippen molar-refractivity contribution in [1.29, 1.82) is 0 Å². The van der Waals surface area contributed by atoms with Gasteiger partial charge in [0, 0.05) is 64.1 Å². The molecule has 5 atom stereocenters. The van der Waals surface area contributed by atoms with Crippen molar-refractivity contribution < 1.29 is 19.2 Å². The van der Waals surface area contributed by atoms with Crippen molar-refractivity contribution >= 4 is 46.7 Å². The third-order valence-corrected chi connectivity index (χ3v) is 6.88. The Balaban J connectivity index is 0.00000247. The second-order valence-electron chi connectivity index (χ2n) is 9.71. The number of carbonyl (C=O) groups is 4. The van der Waals surface area contributed by atoms with E-state index < -0.39 is 5.54 Å². The Kier molecular flexibility index (Phi) is 12.0. The van der Waals surface area contributed by atoms with Gasteiger partial charge in [0.1, 0.15) is 0 Å². The van der Waals surface area contributed by atoms with E-state index in [0.29, 0.717) is 44.6 Å². The predicted molar refractivity (Wildman–Crippen MR) is 149 cm³/mol. The van der Waals surface area contributed by atoms with E-state index in [9.17, 15) is 19.2 Å². The second-order valence-corrected chi connectivity index (χ2v) is 9.89. The van der Waals surface area contributed by atoms with E-state index >= 15 is 0 Å². The molecule has 12 heteroatoms. The highest BCUT2D eigenvalue weighted by atomic mass is 32.1. The van der Waals surface area contributed by atoms with E-state index in [1.54, 1.807) is 12.1 Å². The minimum Gasteiger partial charge on any atom is -0.355 e. The lowest BCUT2D eigenvalue weighted by Crippen LogP contribution is -2.75. The monoisotopic (exact) mass is 545 g/mol. The van der Waals surface area contributed by atoms with Crippen LogP contribution in [0.25, 0.3) is 0 Å². The lowest BCUT2D eigenvalue weighted by atomic mass is 9.69. The van der Waals surface area contributed by atoms with Crippen LogP contribution in [0.15, 0.2) is 29.3 Å². The fourth-order valence-corrected chi connectivity index (χ4v) is 5.66. The molecule has 3 fully saturated rings. The minimum absolute atomic E-state index is 0.0546. The first-order valence-electron chi connectivity index (χ1n) is 12.7. The first kappa shape index (κ1) is 31.0. The Morgan fingerprint density at radius 2 is 1.32 bits per heavy atom. The molecule has 0 aliphatic carbocycles. The van der Waals surface area contributed by atoms with Crippen molar-refractivity contribution in [2.75, 3.05) is 26.7 Å². The number of thiocarbonyl (C=S) groups is 1. The van der Waals surface area contributed by atoms with Gasteiger partial charge in [0.15, 0.2) is 0 Å². The number of carbonyl (C=O) groups excluding carboxylic acids is 4. The number of nitrogens with one attached hydrogen (secondary N) is 4. The minimum atomic E-state index is -0.525. The number of amides is 4. The summed E-state index contributed by atoms with van der Waals surface area (Å²) in [6.07, 6.45) is 2.19. The highest BCUT2D eigenvalue weighted by Gasteiger charge is 2.54. The van der Waals surface area contributed by atoms with E-state index in [-0.39, 0.29) is 48.2 Å². The molecule has 3 heterocycles. The molecule has 3 aliphatic rings. The topological polar surface area (TPSA) is 158 Å². The molecule has 11 nitrogen and oxygen atoms in total. The normalized spacial score (nSPS) is 25.1. The molecule has 4 amide bonds. The molecule has 4 rings (SSSR count). The number of rotatable bonds is 10. The van der Waals surface area contributed by atoms with E-state index in [0.717, 1.165) is 5.56 Å². The zero-order chi connectivity index (χ0) is 28.3. The number of nitrogens with two attached hydrogens (primary N) is 1. The van der Waals surface area contributed by atoms with Gasteiger partial charge in [0.25, 0.3) is 0 Å². The van der Waals surface area contributed by atoms with Gasteiger partial charge in [-0.05, 0) is 56.2 Å². The molecule has 0 aromatic heterocycles. The van der Waals surface area contributed by atoms with Crippen LogP contribution in [-0.4, -0.2) is 84.0 Å². The first-order chi connectivity index (χ1) is 18.1. The second kappa shape index (κ2) is 14.7. The van der Waals surface area contributed by atoms with Gasteiger partial charge in [0.2, 0.25) is 23.6 Å². The van der Waals surface area contributed by atoms with Crippen LogP contribution in [0, 0.1) is 0 Å². The number of piperidine rings is 3. The molecule has 2 bridgehead atoms. The van der Waals surface area contributed by atoms with Crippen molar-refractivity contribution in [2.45, 2.75) is 70.1 Å². The first-order valence-corrected chi connectivity index (χ1v) is 13.1. The fraction of sp³-hybridized carbons (Fsp3) is 0.577. The summed E-state index contributed by atoms with van der Waals surface area (Å²) < 4.78 is 0. The van der Waals surface area contributed by atoms with Crippen molar-refractivity contribution in [2.24, 2.45) is 10.7 Å². The molecule has 0 saturated carbocycles. The SMILES string of the molecule is CC(=O)NCC1CC2(NC(=O)Cc3ccc(N=C=S)cc3)C[C@@H](CNC(C)=O)N1[C@@H](CNC(C)=O)C2.CN. The van der Waals surface area contributed by atoms with Crippen LogP contribution in [0.5, 0.6) is 0 Å². The van der Waals surface area contributed by atoms with Crippen LogP contribution >= 0.6 is 12.2 Å². The summed E-state index contributed by atoms with van der Waals surface area (Å²) in [5.41, 5.74) is 5.50. The van der Waals surface area contributed by atoms with E-state index in [2.05, 4.69) is 54.3 Å². The largest absolute Gasteiger partial charge is 0.355 e. The summed E-state index contributed by atoms with van der Waals surface area (Å²) in [4.78, 5) is 54.5. The summed E-state index contributed by atoms with van der Waals surface area (Å²) >= 11 is 4.63. The van der Waals surface area contributed by atoms with Crippen molar-refractivity contribution in [3.63, 3.8) is 0 Å². The van der Waals surface area contributed by atoms with Gasteiger partial charge < -0.3 is 27.0 Å². The lowest BCUT2D eigenvalue weighted by molar-refractivity contribution is -0.132. The Morgan fingerprint density at radius 3 is 1.68 bits per heavy atom. The number of hydrogen-bond donors (Lipinski definition) is 5. The maximum absolute atomic E-state index is 13.2. The van der Waals surface area contributed by atoms with Crippen LogP contribution in [0.3, 0.4) is 0 Å². The average molecular weight is 546 g/mol. The van der Waals surface area contributed by atoms with Gasteiger partial charge in [-0.2, -0.15) is 4.99 Å². The van der Waals surface area contributed by atoms with Gasteiger partial charge in [-0.1, -0.05) is 12.1 Å². The van der Waals surface area contributed by atoms with Gasteiger partial charge in [-0.25, -0.2) is 0 Å². The van der Waals surface area contributed by atoms with Crippen molar-refractivity contribution in [1.82, 2.24) is 26.2 Å². The molecule has 1 aromatic carbocycles. The third kappa shape index (κ3) is 8.98. The number of nitrogens with zero attached hydrogens (tertiary/aromatic N) is 2. The molecular weight excluding hydrogens is 506 g/mol. The Labute approximate surface area is 229 Å². The molecule has 0 radical (unpaired) electrons. The van der Waals surface area contributed by atoms with E-state index in [4.69, 9.17) is 0 Å². The summed E-state index contributed by atoms with van der Waals surface area (Å²) in [6, 6.07) is 7.09. The Hall–Kier alpha value is -3.18. The third-order valence-electron chi connectivity index (χ3n) is 6.78. The summed E-state index contributed by atoms with van der Waals surface area (Å²) in [5.74, 6) is -0.497. The zero-order valence-corrected chi connectivity index (χ0v) is 23.3. The Bertz CT molecular complexity index is 973. The maximum Gasteiger partial charge on any atom is 0.224 e. The predicted octanol–water partition coefficient (Wildman–Crippen LogP) is 0.407. The van der Waals surface area contributed by atoms with Crippen LogP contribution < -0.4 is 27.0 Å². The molecule has 208 valence electrons. The number of fused-ring (bicyclic) bond motifs is 3. The van der Waals surface area contributed by atoms with Gasteiger partial charge in [-0.3, -0.25) is 24.1 Å². The molecule has 3 saturated heterocycles. The molecule has 3 aliphatic heterocycles. The molecular formula is C26H39N7O4S. The average Bonchev–Trinajstić information content (AvgIpc) is 2.87. The number of aliphatic imine (C=N–C) groups is 1. The van der Waals surface area contributed by atoms with Crippen LogP contribution in [0.2, 0.25) is 0 Å². The standard InChI is InChI=1S/C25H34N6O4S.CH5N/c1-16(32)26-12-21-9-25(30-24(35)8-19-4-6-20(7-5-19)29-15-36)10-22(13-27-17(2)33)31(21)23(11-25)14-28-18(3)34;1-2/h4-7,21-23H,8-14H2,1-3H3,(H,26,32)(H,27,33)(H,28,34)(H,30,35);2H2,1H3/t21-,22+,23?,25?;. The quantitative estimate of drug-likeness (QED) is 0.210. The fourth-order valence-electron chi connectivity index (χ4n) is 5.55. The highest BCUT2D eigenvalue weighted by molar-refractivity contribution is 7.78. The van der Waals surface area contributed by atoms with Gasteiger partial charge in [0.05, 0.1) is 17.3 Å². The Morgan fingerprint density at radius 1 is 0.895 bits per heavy atom. The highest BCUT2D eigenvalue weighted by Crippen LogP contribution is 2.43. The molecule has 38 heavy (non-hydrogen) atoms. The van der Waals surface area contributed by atoms with Crippen LogP contribution in [0.1, 0.15) is 45.6 Å². The van der Waals surface area contributed by atoms with Crippen LogP contribution in [0.4, 0.5) is 5.69 Å². The maximum atomic E-state index is 13.2. The zero-order valence-electron chi connectivity index (χ0n) is 22.5. The summed E-state index contributed by atoms with van der Waals surface area (Å²) in [6.45, 7) is 5.68. The van der Waals surface area contributed by atoms with Gasteiger partial charge >= 0.3 is 0 Å². The molecule has 6 N–H and O–H groups in total. The molecule has 0 spiro atoms. The van der Waals surface area contributed by atoms with E-state index in [1.807, 2.05) is 12.1 Å². The van der Waals surface area contributed by atoms with Gasteiger partial charge in [-0.15, -0.1) is 0 Å². The number of isothiocyanates is 1. The summed E-state index contributed by atoms with van der Waals surface area (Å²) in [5, 5.41) is 14.4. The number of benzene rings is 1. The lowest BCUT2D eigenvalue weighted by Gasteiger charge is -2.60. The number of hydrogen-bond acceptors (Lipinski definition) is 8. The molecule has 1 aromatic rings. The van der Waals surface area contributed by atoms with Crippen molar-refractivity contribution in [3.8, 4) is 0 Å². The van der Waals surface area contributed by atoms with Crippen LogP contribution in [-0.2, 0) is 25.6 Å². The van der Waals surface area contributed by atoms with Crippen molar-refractivity contribution in [3.05, 3.63) is 29.8 Å². The smallest absolute Gasteiger partial charge is 0.224 e. The molecule has 3 unspecified atom stereocenters. The summed E-state index contributed by atoms with van der Waals surface area (Å²) in [7, 11) is 1.50.